The molecule has 0 aliphatic carbocycles. The predicted octanol–water partition coefficient (Wildman–Crippen LogP) is 7.63. The van der Waals surface area contributed by atoms with Crippen molar-refractivity contribution in [1.82, 2.24) is 4.90 Å². The van der Waals surface area contributed by atoms with Crippen molar-refractivity contribution in [2.75, 3.05) is 19.8 Å². The van der Waals surface area contributed by atoms with Crippen molar-refractivity contribution < 1.29 is 50.8 Å². The maximum absolute atomic E-state index is 13.8. The summed E-state index contributed by atoms with van der Waals surface area (Å²) in [6.07, 6.45) is -11.3. The van der Waals surface area contributed by atoms with Crippen molar-refractivity contribution in [2.45, 2.75) is 68.8 Å². The summed E-state index contributed by atoms with van der Waals surface area (Å²) in [4.78, 5) is 15.1. The number of likely N-dealkylation sites (tertiary alicyclic amines) is 1. The zero-order chi connectivity index (χ0) is 32.9. The Bertz CT molecular complexity index is 1390. The predicted molar refractivity (Wildman–Crippen MR) is 153 cm³/mol. The van der Waals surface area contributed by atoms with E-state index >= 15 is 0 Å². The summed E-state index contributed by atoms with van der Waals surface area (Å²) < 4.78 is 93.0. The second-order valence-corrected chi connectivity index (χ2v) is 11.4. The highest BCUT2D eigenvalue weighted by molar-refractivity contribution is 5.70. The average molecular weight is 640 g/mol. The van der Waals surface area contributed by atoms with Crippen LogP contribution in [0.2, 0.25) is 0 Å². The maximum Gasteiger partial charge on any atom is 0.416 e. The molecule has 1 aliphatic heterocycles. The molecule has 1 fully saturated rings. The van der Waals surface area contributed by atoms with Crippen LogP contribution in [0, 0.1) is 0 Å². The molecule has 2 N–H and O–H groups in total. The lowest BCUT2D eigenvalue weighted by atomic mass is 9.75. The Labute approximate surface area is 257 Å². The van der Waals surface area contributed by atoms with Gasteiger partial charge in [-0.05, 0) is 67.5 Å². The van der Waals surface area contributed by atoms with E-state index in [1.165, 1.54) is 11.8 Å². The number of β-amino-alcohol motifs (C(OH)–C–C–N with tert-alkyl or cyclic N) is 1. The van der Waals surface area contributed by atoms with Gasteiger partial charge in [0.1, 0.15) is 6.61 Å². The van der Waals surface area contributed by atoms with Crippen molar-refractivity contribution >= 4 is 6.09 Å². The van der Waals surface area contributed by atoms with Crippen LogP contribution in [0.25, 0.3) is 0 Å². The maximum atomic E-state index is 13.8. The molecule has 1 saturated heterocycles. The number of hydrogen-bond donors (Lipinski definition) is 2. The lowest BCUT2D eigenvalue weighted by Gasteiger charge is -2.52. The van der Waals surface area contributed by atoms with Gasteiger partial charge in [-0.2, -0.15) is 26.3 Å². The van der Waals surface area contributed by atoms with E-state index in [0.717, 1.165) is 0 Å². The van der Waals surface area contributed by atoms with E-state index in [1.807, 2.05) is 0 Å². The number of amides is 1. The Balaban J connectivity index is 1.70. The molecule has 3 aromatic rings. The number of rotatable bonds is 10. The van der Waals surface area contributed by atoms with Gasteiger partial charge in [-0.15, -0.1) is 0 Å². The quantitative estimate of drug-likeness (QED) is 0.223. The molecule has 0 saturated carbocycles. The summed E-state index contributed by atoms with van der Waals surface area (Å²) in [5.74, 6) is 0. The highest BCUT2D eigenvalue weighted by Gasteiger charge is 2.51. The third-order valence-corrected chi connectivity index (χ3v) is 8.16. The molecule has 1 heterocycles. The molecule has 4 rings (SSSR count). The average Bonchev–Trinajstić information content (AvgIpc) is 3.02. The lowest BCUT2D eigenvalue weighted by molar-refractivity contribution is -0.143. The summed E-state index contributed by atoms with van der Waals surface area (Å²) in [5, 5.41) is 20.8. The molecule has 0 radical (unpaired) electrons. The zero-order valence-electron chi connectivity index (χ0n) is 24.6. The minimum atomic E-state index is -5.03. The molecule has 0 spiro atoms. The molecule has 6 nitrogen and oxygen atoms in total. The SMILES string of the molecule is C[C@@H](OC[C@@]1(c2ccccc2)CCC(O)(CCCO)CN1C(=O)OCc1ccccc1)c1cc(C(F)(F)F)cc(C(F)(F)F)c1. The molecule has 1 unspecified atom stereocenters. The van der Waals surface area contributed by atoms with Crippen LogP contribution in [-0.2, 0) is 34.0 Å². The number of aliphatic hydroxyl groups is 2. The van der Waals surface area contributed by atoms with E-state index in [4.69, 9.17) is 9.47 Å². The van der Waals surface area contributed by atoms with Gasteiger partial charge in [0.05, 0.1) is 41.5 Å². The number of hydrogen-bond acceptors (Lipinski definition) is 5. The smallest absolute Gasteiger partial charge is 0.416 e. The zero-order valence-corrected chi connectivity index (χ0v) is 24.6. The number of ether oxygens (including phenoxy) is 2. The van der Waals surface area contributed by atoms with Gasteiger partial charge in [0, 0.05) is 6.61 Å². The first kappa shape index (κ1) is 34.3. The van der Waals surface area contributed by atoms with Gasteiger partial charge in [0.25, 0.3) is 0 Å². The number of benzene rings is 3. The fourth-order valence-corrected chi connectivity index (χ4v) is 5.60. The number of alkyl halides is 6. The van der Waals surface area contributed by atoms with Crippen molar-refractivity contribution in [3.05, 3.63) is 107 Å². The van der Waals surface area contributed by atoms with Gasteiger partial charge in [-0.3, -0.25) is 4.90 Å². The Morgan fingerprint density at radius 2 is 1.49 bits per heavy atom. The highest BCUT2D eigenvalue weighted by Crippen LogP contribution is 2.44. The summed E-state index contributed by atoms with van der Waals surface area (Å²) in [5.41, 5.74) is -4.66. The number of carbonyl (C=O) groups excluding carboxylic acids is 1. The molecular formula is C33H35F6NO5. The molecule has 244 valence electrons. The lowest BCUT2D eigenvalue weighted by Crippen LogP contribution is -2.62. The number of aliphatic hydroxyl groups excluding tert-OH is 1. The summed E-state index contributed by atoms with van der Waals surface area (Å²) >= 11 is 0. The summed E-state index contributed by atoms with van der Waals surface area (Å²) in [6, 6.07) is 18.8. The second-order valence-electron chi connectivity index (χ2n) is 11.4. The Hall–Kier alpha value is -3.61. The van der Waals surface area contributed by atoms with E-state index in [-0.39, 0.29) is 63.7 Å². The van der Waals surface area contributed by atoms with Crippen molar-refractivity contribution in [2.24, 2.45) is 0 Å². The minimum Gasteiger partial charge on any atom is -0.445 e. The normalized spacial score (nSPS) is 21.4. The minimum absolute atomic E-state index is 0.0561. The Kier molecular flexibility index (Phi) is 10.5. The van der Waals surface area contributed by atoms with Gasteiger partial charge >= 0.3 is 18.4 Å². The monoisotopic (exact) mass is 639 g/mol. The third-order valence-electron chi connectivity index (χ3n) is 8.16. The third kappa shape index (κ3) is 8.36. The molecule has 1 aliphatic rings. The van der Waals surface area contributed by atoms with Crippen LogP contribution >= 0.6 is 0 Å². The van der Waals surface area contributed by atoms with Crippen molar-refractivity contribution in [3.63, 3.8) is 0 Å². The molecule has 3 aromatic carbocycles. The number of halogens is 6. The molecule has 3 atom stereocenters. The van der Waals surface area contributed by atoms with Crippen LogP contribution in [0.15, 0.2) is 78.9 Å². The molecule has 12 heteroatoms. The van der Waals surface area contributed by atoms with Gasteiger partial charge in [0.15, 0.2) is 0 Å². The van der Waals surface area contributed by atoms with Crippen LogP contribution in [0.3, 0.4) is 0 Å². The topological polar surface area (TPSA) is 79.2 Å². The molecule has 0 aromatic heterocycles. The van der Waals surface area contributed by atoms with E-state index < -0.39 is 46.8 Å². The van der Waals surface area contributed by atoms with Crippen LogP contribution in [0.4, 0.5) is 31.1 Å². The standard InChI is InChI=1S/C33H35F6NO5/c1-23(25-17-27(32(34,35)36)19-28(18-25)33(37,38)39)45-22-31(26-11-6-3-7-12-26)15-14-30(43,13-8-16-41)21-40(31)29(42)44-20-24-9-4-2-5-10-24/h2-7,9-12,17-19,23,41,43H,8,13-16,20-22H2,1H3/t23-,30?,31-/m1/s1. The Morgan fingerprint density at radius 3 is 2.04 bits per heavy atom. The molecule has 1 amide bonds. The van der Waals surface area contributed by atoms with Gasteiger partial charge < -0.3 is 19.7 Å². The summed E-state index contributed by atoms with van der Waals surface area (Å²) in [6.45, 7) is 0.536. The van der Waals surface area contributed by atoms with Crippen LogP contribution in [0.1, 0.15) is 66.5 Å². The van der Waals surface area contributed by atoms with E-state index in [0.29, 0.717) is 23.3 Å². The molecular weight excluding hydrogens is 604 g/mol. The summed E-state index contributed by atoms with van der Waals surface area (Å²) in [7, 11) is 0. The first-order valence-corrected chi connectivity index (χ1v) is 14.4. The van der Waals surface area contributed by atoms with Crippen molar-refractivity contribution in [1.29, 1.82) is 0 Å². The van der Waals surface area contributed by atoms with E-state index in [2.05, 4.69) is 0 Å². The highest BCUT2D eigenvalue weighted by atomic mass is 19.4. The fourth-order valence-electron chi connectivity index (χ4n) is 5.60. The largest absolute Gasteiger partial charge is 0.445 e. The van der Waals surface area contributed by atoms with Gasteiger partial charge in [-0.1, -0.05) is 60.7 Å². The van der Waals surface area contributed by atoms with Crippen LogP contribution in [0.5, 0.6) is 0 Å². The first-order valence-electron chi connectivity index (χ1n) is 14.4. The number of carbonyl (C=O) groups is 1. The number of nitrogens with zero attached hydrogens (tertiary/aromatic N) is 1. The van der Waals surface area contributed by atoms with E-state index in [9.17, 15) is 41.4 Å². The van der Waals surface area contributed by atoms with Gasteiger partial charge in [-0.25, -0.2) is 4.79 Å². The number of piperidine rings is 1. The van der Waals surface area contributed by atoms with Crippen LogP contribution in [-0.4, -0.2) is 46.6 Å². The van der Waals surface area contributed by atoms with E-state index in [1.54, 1.807) is 60.7 Å². The second kappa shape index (κ2) is 13.8. The fraction of sp³-hybridized carbons (Fsp3) is 0.424. The Morgan fingerprint density at radius 1 is 0.911 bits per heavy atom. The van der Waals surface area contributed by atoms with Gasteiger partial charge in [0.2, 0.25) is 0 Å². The molecule has 45 heavy (non-hydrogen) atoms. The first-order chi connectivity index (χ1) is 21.2. The van der Waals surface area contributed by atoms with Crippen LogP contribution < -0.4 is 0 Å². The van der Waals surface area contributed by atoms with Crippen molar-refractivity contribution in [3.8, 4) is 0 Å². The molecule has 0 bridgehead atoms.